The van der Waals surface area contributed by atoms with Gasteiger partial charge in [-0.2, -0.15) is 0 Å². The standard InChI is InChI=1S/2C6H11.2C5H9.C5H10.C4H7.C3H7O.C3H7/c1-6-4-2-3-5-6;1-2-4-6-5-3-1;1-5-3-2-4-5;1-2-5-3-4-5;1-2-4-5-3-1;1-4-2-3-4;1-3-4-2;1-3-2/h6H,1-5H2;1H,2-6H2;2*5H,1-4H2;1-5H2;4H,1-3H2;1,3H2,2H3;1,3H2,2H3. The Morgan fingerprint density at radius 2 is 0.868 bits per heavy atom. The van der Waals surface area contributed by atoms with E-state index < -0.39 is 0 Å². The van der Waals surface area contributed by atoms with Gasteiger partial charge in [-0.3, -0.25) is 0 Å². The Balaban J connectivity index is 0. The maximum Gasteiger partial charge on any atom is 0.0463 e. The first-order chi connectivity index (χ1) is 18.4. The van der Waals surface area contributed by atoms with E-state index in [1.807, 2.05) is 6.92 Å². The van der Waals surface area contributed by atoms with Gasteiger partial charge in [0.05, 0.1) is 0 Å². The van der Waals surface area contributed by atoms with E-state index in [0.29, 0.717) is 6.61 Å². The molecular formula is C37H71O. The highest BCUT2D eigenvalue weighted by Crippen LogP contribution is 2.31. The summed E-state index contributed by atoms with van der Waals surface area (Å²) in [6.45, 7) is 24.7. The lowest BCUT2D eigenvalue weighted by Gasteiger charge is -2.18. The van der Waals surface area contributed by atoms with Crippen molar-refractivity contribution >= 4 is 0 Å². The largest absolute Gasteiger partial charge is 0.385 e. The molecule has 0 heterocycles. The van der Waals surface area contributed by atoms with Gasteiger partial charge in [-0.25, -0.2) is 0 Å². The minimum atomic E-state index is 0.569. The molecule has 7 radical (unpaired) electrons. The van der Waals surface area contributed by atoms with Crippen molar-refractivity contribution in [3.63, 3.8) is 0 Å². The first-order valence-corrected chi connectivity index (χ1v) is 16.6. The third-order valence-corrected chi connectivity index (χ3v) is 7.27. The fraction of sp³-hybridized carbons (Fsp3) is 0.811. The smallest absolute Gasteiger partial charge is 0.0463 e. The molecule has 0 N–H and O–H groups in total. The average Bonchev–Trinajstić information content (AvgIpc) is 3.81. The minimum Gasteiger partial charge on any atom is -0.385 e. The van der Waals surface area contributed by atoms with E-state index in [9.17, 15) is 0 Å². The monoisotopic (exact) mass is 532 g/mol. The van der Waals surface area contributed by atoms with Gasteiger partial charge in [0.25, 0.3) is 0 Å². The lowest BCUT2D eigenvalue weighted by atomic mass is 9.88. The molecule has 225 valence electrons. The molecule has 0 aromatic rings. The summed E-state index contributed by atoms with van der Waals surface area (Å²) in [7, 11) is 1.62. The Morgan fingerprint density at radius 3 is 0.947 bits per heavy atom. The quantitative estimate of drug-likeness (QED) is 0.344. The van der Waals surface area contributed by atoms with Crippen molar-refractivity contribution in [2.45, 2.75) is 155 Å². The van der Waals surface area contributed by atoms with E-state index in [1.165, 1.54) is 141 Å². The summed E-state index contributed by atoms with van der Waals surface area (Å²) in [5.41, 5.74) is 0. The highest BCUT2D eigenvalue weighted by Gasteiger charge is 2.17. The number of hydrogen-bond donors (Lipinski definition) is 0. The average molecular weight is 532 g/mol. The van der Waals surface area contributed by atoms with Crippen molar-refractivity contribution in [2.75, 3.05) is 13.7 Å². The molecule has 0 atom stereocenters. The van der Waals surface area contributed by atoms with Crippen LogP contribution in [0.2, 0.25) is 0 Å². The van der Waals surface area contributed by atoms with E-state index in [4.69, 9.17) is 0 Å². The molecule has 6 fully saturated rings. The number of rotatable bonds is 2. The van der Waals surface area contributed by atoms with Gasteiger partial charge in [-0.05, 0) is 37.0 Å². The zero-order valence-corrected chi connectivity index (χ0v) is 26.5. The highest BCUT2D eigenvalue weighted by atomic mass is 16.5. The fourth-order valence-electron chi connectivity index (χ4n) is 3.81. The highest BCUT2D eigenvalue weighted by molar-refractivity contribution is 4.74. The van der Waals surface area contributed by atoms with E-state index in [1.54, 1.807) is 7.11 Å². The van der Waals surface area contributed by atoms with Crippen molar-refractivity contribution < 1.29 is 4.74 Å². The Labute approximate surface area is 244 Å². The molecule has 0 spiro atoms. The minimum absolute atomic E-state index is 0.569. The van der Waals surface area contributed by atoms with Crippen LogP contribution in [0.1, 0.15) is 155 Å². The summed E-state index contributed by atoms with van der Waals surface area (Å²) in [6.07, 6.45) is 34.6. The predicted octanol–water partition coefficient (Wildman–Crippen LogP) is 12.3. The van der Waals surface area contributed by atoms with E-state index in [-0.39, 0.29) is 0 Å². The van der Waals surface area contributed by atoms with Crippen LogP contribution in [0.4, 0.5) is 0 Å². The van der Waals surface area contributed by atoms with Crippen LogP contribution >= 0.6 is 0 Å². The van der Waals surface area contributed by atoms with Crippen LogP contribution in [-0.2, 0) is 4.74 Å². The van der Waals surface area contributed by atoms with Gasteiger partial charge >= 0.3 is 0 Å². The molecule has 1 heteroatoms. The van der Waals surface area contributed by atoms with Crippen LogP contribution in [0.5, 0.6) is 0 Å². The Hall–Kier alpha value is -0.0400. The number of hydrogen-bond acceptors (Lipinski definition) is 1. The molecule has 0 aromatic carbocycles. The summed E-state index contributed by atoms with van der Waals surface area (Å²) in [5, 5.41) is 0. The van der Waals surface area contributed by atoms with Gasteiger partial charge in [-0.1, -0.05) is 189 Å². The van der Waals surface area contributed by atoms with Gasteiger partial charge < -0.3 is 4.74 Å². The summed E-state index contributed by atoms with van der Waals surface area (Å²) < 4.78 is 4.43. The number of methoxy groups -OCH3 is 1. The molecule has 6 aliphatic carbocycles. The van der Waals surface area contributed by atoms with Crippen LogP contribution in [0.3, 0.4) is 0 Å². The molecule has 6 saturated carbocycles. The summed E-state index contributed by atoms with van der Waals surface area (Å²) in [6, 6.07) is 0. The van der Waals surface area contributed by atoms with Crippen LogP contribution in [0, 0.1) is 71.6 Å². The van der Waals surface area contributed by atoms with Gasteiger partial charge in [0.1, 0.15) is 0 Å². The zero-order chi connectivity index (χ0) is 28.7. The van der Waals surface area contributed by atoms with Crippen molar-refractivity contribution in [3.8, 4) is 0 Å². The molecular weight excluding hydrogens is 460 g/mol. The van der Waals surface area contributed by atoms with Gasteiger partial charge in [0, 0.05) is 13.7 Å². The molecule has 0 saturated heterocycles. The Morgan fingerprint density at radius 1 is 0.553 bits per heavy atom. The summed E-state index contributed by atoms with van der Waals surface area (Å²) in [5.74, 6) is 3.47. The molecule has 0 unspecified atom stereocenters. The van der Waals surface area contributed by atoms with Crippen LogP contribution in [-0.4, -0.2) is 13.7 Å². The van der Waals surface area contributed by atoms with Crippen molar-refractivity contribution in [1.82, 2.24) is 0 Å². The van der Waals surface area contributed by atoms with E-state index in [2.05, 4.69) is 52.7 Å². The van der Waals surface area contributed by atoms with E-state index in [0.717, 1.165) is 30.1 Å². The van der Waals surface area contributed by atoms with Gasteiger partial charge in [0.2, 0.25) is 0 Å². The van der Waals surface area contributed by atoms with E-state index >= 15 is 0 Å². The zero-order valence-electron chi connectivity index (χ0n) is 26.5. The second-order valence-corrected chi connectivity index (χ2v) is 11.8. The molecule has 0 aromatic heterocycles. The van der Waals surface area contributed by atoms with Gasteiger partial charge in [-0.15, -0.1) is 0 Å². The number of ether oxygens (including phenoxy) is 1. The second kappa shape index (κ2) is 33.2. The summed E-state index contributed by atoms with van der Waals surface area (Å²) in [4.78, 5) is 0. The lowest BCUT2D eigenvalue weighted by molar-refractivity contribution is 0.232. The Kier molecular flexibility index (Phi) is 35.0. The second-order valence-electron chi connectivity index (χ2n) is 11.8. The van der Waals surface area contributed by atoms with Crippen LogP contribution in [0.25, 0.3) is 0 Å². The molecule has 0 amide bonds. The fourth-order valence-corrected chi connectivity index (χ4v) is 3.81. The first kappa shape index (κ1) is 40.1. The van der Waals surface area contributed by atoms with Gasteiger partial charge in [0.15, 0.2) is 0 Å². The normalized spacial score (nSPS) is 21.5. The lowest BCUT2D eigenvalue weighted by Crippen LogP contribution is -2.04. The van der Waals surface area contributed by atoms with Crippen LogP contribution < -0.4 is 0 Å². The Bertz CT molecular complexity index is 358. The molecule has 6 aliphatic rings. The van der Waals surface area contributed by atoms with Crippen molar-refractivity contribution in [1.29, 1.82) is 0 Å². The van der Waals surface area contributed by atoms with Crippen molar-refractivity contribution in [3.05, 3.63) is 48.0 Å². The third kappa shape index (κ3) is 40.5. The van der Waals surface area contributed by atoms with Crippen LogP contribution in [0.15, 0.2) is 0 Å². The third-order valence-electron chi connectivity index (χ3n) is 7.27. The molecule has 38 heavy (non-hydrogen) atoms. The SMILES string of the molecule is C1CCCC1.[CH2]C1CC1.[CH2]C1CCC1.[CH2]C1CCCC1.[CH2]CC.[CH2]CC1CC1.[CH2]COC.[CH]1CCCCC1. The molecule has 1 nitrogen and oxygen atoms in total. The molecule has 6 rings (SSSR count). The first-order valence-electron chi connectivity index (χ1n) is 16.6. The predicted molar refractivity (Wildman–Crippen MR) is 174 cm³/mol. The van der Waals surface area contributed by atoms with Crippen molar-refractivity contribution in [2.24, 2.45) is 23.7 Å². The molecule has 0 bridgehead atoms. The maximum absolute atomic E-state index is 4.43. The maximum atomic E-state index is 4.43. The molecule has 0 aliphatic heterocycles. The topological polar surface area (TPSA) is 9.23 Å². The summed E-state index contributed by atoms with van der Waals surface area (Å²) >= 11 is 0.